The molecule has 0 heterocycles. The van der Waals surface area contributed by atoms with Gasteiger partial charge in [0, 0.05) is 19.6 Å². The minimum absolute atomic E-state index is 0.0902. The lowest BCUT2D eigenvalue weighted by atomic mass is 10.6. The summed E-state index contributed by atoms with van der Waals surface area (Å²) in [5, 5.41) is 0. The molecule has 3 nitrogen and oxygen atoms in total. The van der Waals surface area contributed by atoms with Crippen LogP contribution in [-0.2, 0) is 9.47 Å². The summed E-state index contributed by atoms with van der Waals surface area (Å²) in [5.41, 5.74) is 5.62. The third kappa shape index (κ3) is 1.31. The van der Waals surface area contributed by atoms with Crippen LogP contribution in [0, 0.1) is 0 Å². The average molecular weight is 145 g/mol. The molecule has 0 aromatic heterocycles. The van der Waals surface area contributed by atoms with E-state index in [-0.39, 0.29) is 6.04 Å². The zero-order valence-corrected chi connectivity index (χ0v) is 6.59. The third-order valence-electron chi connectivity index (χ3n) is 1.69. The maximum Gasteiger partial charge on any atom is 0.185 e. The molecule has 1 atom stereocenters. The molecule has 0 bridgehead atoms. The van der Waals surface area contributed by atoms with Crippen molar-refractivity contribution in [1.82, 2.24) is 0 Å². The highest BCUT2D eigenvalue weighted by molar-refractivity contribution is 5.01. The van der Waals surface area contributed by atoms with E-state index in [1.165, 1.54) is 0 Å². The van der Waals surface area contributed by atoms with Gasteiger partial charge in [-0.3, -0.25) is 0 Å². The van der Waals surface area contributed by atoms with Crippen LogP contribution in [0.4, 0.5) is 0 Å². The van der Waals surface area contributed by atoms with Crippen LogP contribution in [0.1, 0.15) is 20.3 Å². The molecule has 0 amide bonds. The number of hydrogen-bond donors (Lipinski definition) is 1. The normalized spacial score (nSPS) is 28.5. The van der Waals surface area contributed by atoms with E-state index in [1.54, 1.807) is 0 Å². The zero-order valence-electron chi connectivity index (χ0n) is 6.59. The maximum atomic E-state index is 5.62. The fourth-order valence-electron chi connectivity index (χ4n) is 1.11. The molecule has 0 aromatic rings. The maximum absolute atomic E-state index is 5.62. The largest absolute Gasteiger partial charge is 0.349 e. The number of rotatable bonds is 4. The molecule has 1 unspecified atom stereocenters. The fourth-order valence-corrected chi connectivity index (χ4v) is 1.11. The SMILES string of the molecule is CCOC1(OCC)CC1N. The number of nitrogens with two attached hydrogens (primary N) is 1. The van der Waals surface area contributed by atoms with Crippen LogP contribution in [-0.4, -0.2) is 25.0 Å². The first-order chi connectivity index (χ1) is 4.75. The molecular formula is C7H15NO2. The first kappa shape index (κ1) is 7.98. The molecule has 1 aliphatic rings. The van der Waals surface area contributed by atoms with Gasteiger partial charge < -0.3 is 15.2 Å². The Bertz CT molecular complexity index is 110. The summed E-state index contributed by atoms with van der Waals surface area (Å²) in [6.07, 6.45) is 0.842. The molecule has 10 heavy (non-hydrogen) atoms. The van der Waals surface area contributed by atoms with E-state index in [0.29, 0.717) is 13.2 Å². The first-order valence-corrected chi connectivity index (χ1v) is 3.78. The molecule has 0 aromatic carbocycles. The Balaban J connectivity index is 2.31. The second kappa shape index (κ2) is 2.86. The van der Waals surface area contributed by atoms with Crippen LogP contribution in [0.25, 0.3) is 0 Å². The average Bonchev–Trinajstić information content (AvgIpc) is 2.44. The summed E-state index contributed by atoms with van der Waals surface area (Å²) < 4.78 is 10.7. The molecule has 3 heteroatoms. The summed E-state index contributed by atoms with van der Waals surface area (Å²) in [6.45, 7) is 5.25. The van der Waals surface area contributed by atoms with Crippen molar-refractivity contribution < 1.29 is 9.47 Å². The molecule has 0 saturated heterocycles. The van der Waals surface area contributed by atoms with Crippen molar-refractivity contribution in [2.24, 2.45) is 5.73 Å². The lowest BCUT2D eigenvalue weighted by molar-refractivity contribution is -0.163. The van der Waals surface area contributed by atoms with Crippen molar-refractivity contribution in [2.75, 3.05) is 13.2 Å². The molecule has 0 aliphatic heterocycles. The lowest BCUT2D eigenvalue weighted by Crippen LogP contribution is -2.27. The van der Waals surface area contributed by atoms with Crippen LogP contribution in [0.5, 0.6) is 0 Å². The van der Waals surface area contributed by atoms with E-state index < -0.39 is 5.79 Å². The highest BCUT2D eigenvalue weighted by Gasteiger charge is 2.54. The molecule has 1 fully saturated rings. The van der Waals surface area contributed by atoms with Crippen LogP contribution in [0.2, 0.25) is 0 Å². The summed E-state index contributed by atoms with van der Waals surface area (Å²) in [5.74, 6) is -0.413. The summed E-state index contributed by atoms with van der Waals surface area (Å²) >= 11 is 0. The highest BCUT2D eigenvalue weighted by Crippen LogP contribution is 2.39. The predicted molar refractivity (Wildman–Crippen MR) is 38.6 cm³/mol. The van der Waals surface area contributed by atoms with Crippen molar-refractivity contribution in [3.63, 3.8) is 0 Å². The summed E-state index contributed by atoms with van der Waals surface area (Å²) in [6, 6.07) is 0.0902. The molecular weight excluding hydrogens is 130 g/mol. The Morgan fingerprint density at radius 1 is 1.40 bits per heavy atom. The zero-order chi connectivity index (χ0) is 7.61. The molecule has 1 aliphatic carbocycles. The van der Waals surface area contributed by atoms with Gasteiger partial charge in [0.2, 0.25) is 0 Å². The van der Waals surface area contributed by atoms with Crippen molar-refractivity contribution in [1.29, 1.82) is 0 Å². The van der Waals surface area contributed by atoms with Crippen molar-refractivity contribution >= 4 is 0 Å². The Hall–Kier alpha value is -0.120. The predicted octanol–water partition coefficient (Wildman–Crippen LogP) is 0.487. The van der Waals surface area contributed by atoms with Gasteiger partial charge >= 0.3 is 0 Å². The van der Waals surface area contributed by atoms with Gasteiger partial charge in [0.15, 0.2) is 5.79 Å². The first-order valence-electron chi connectivity index (χ1n) is 3.78. The Labute approximate surface area is 61.5 Å². The molecule has 0 spiro atoms. The van der Waals surface area contributed by atoms with Gasteiger partial charge in [0.25, 0.3) is 0 Å². The standard InChI is InChI=1S/C7H15NO2/c1-3-9-7(10-4-2)5-6(7)8/h6H,3-5,8H2,1-2H3. The quantitative estimate of drug-likeness (QED) is 0.585. The summed E-state index contributed by atoms with van der Waals surface area (Å²) in [7, 11) is 0. The minimum Gasteiger partial charge on any atom is -0.349 e. The van der Waals surface area contributed by atoms with Gasteiger partial charge in [-0.15, -0.1) is 0 Å². The van der Waals surface area contributed by atoms with Crippen LogP contribution in [0.15, 0.2) is 0 Å². The highest BCUT2D eigenvalue weighted by atomic mass is 16.7. The molecule has 60 valence electrons. The van der Waals surface area contributed by atoms with Crippen molar-refractivity contribution in [3.05, 3.63) is 0 Å². The van der Waals surface area contributed by atoms with E-state index in [4.69, 9.17) is 15.2 Å². The topological polar surface area (TPSA) is 44.5 Å². The fraction of sp³-hybridized carbons (Fsp3) is 1.00. The molecule has 0 radical (unpaired) electrons. The second-order valence-corrected chi connectivity index (χ2v) is 2.49. The Kier molecular flexibility index (Phi) is 2.28. The third-order valence-corrected chi connectivity index (χ3v) is 1.69. The van der Waals surface area contributed by atoms with Crippen LogP contribution < -0.4 is 5.73 Å². The van der Waals surface area contributed by atoms with Crippen LogP contribution >= 0.6 is 0 Å². The van der Waals surface area contributed by atoms with Gasteiger partial charge in [-0.05, 0) is 13.8 Å². The Morgan fingerprint density at radius 3 is 2.00 bits per heavy atom. The van der Waals surface area contributed by atoms with E-state index in [0.717, 1.165) is 6.42 Å². The van der Waals surface area contributed by atoms with Crippen molar-refractivity contribution in [3.8, 4) is 0 Å². The van der Waals surface area contributed by atoms with Gasteiger partial charge in [-0.2, -0.15) is 0 Å². The number of hydrogen-bond acceptors (Lipinski definition) is 3. The minimum atomic E-state index is -0.413. The second-order valence-electron chi connectivity index (χ2n) is 2.49. The van der Waals surface area contributed by atoms with E-state index in [1.807, 2.05) is 13.8 Å². The smallest absolute Gasteiger partial charge is 0.185 e. The van der Waals surface area contributed by atoms with E-state index >= 15 is 0 Å². The Morgan fingerprint density at radius 2 is 1.80 bits per heavy atom. The lowest BCUT2D eigenvalue weighted by Gasteiger charge is -2.15. The monoisotopic (exact) mass is 145 g/mol. The van der Waals surface area contributed by atoms with Gasteiger partial charge in [-0.25, -0.2) is 0 Å². The van der Waals surface area contributed by atoms with Gasteiger partial charge in [-0.1, -0.05) is 0 Å². The molecule has 1 saturated carbocycles. The summed E-state index contributed by atoms with van der Waals surface area (Å²) in [4.78, 5) is 0. The van der Waals surface area contributed by atoms with E-state index in [2.05, 4.69) is 0 Å². The van der Waals surface area contributed by atoms with Crippen molar-refractivity contribution in [2.45, 2.75) is 32.1 Å². The van der Waals surface area contributed by atoms with Gasteiger partial charge in [0.05, 0.1) is 6.04 Å². The number of ether oxygens (including phenoxy) is 2. The molecule has 2 N–H and O–H groups in total. The van der Waals surface area contributed by atoms with Crippen LogP contribution in [0.3, 0.4) is 0 Å². The van der Waals surface area contributed by atoms with Gasteiger partial charge in [0.1, 0.15) is 0 Å². The molecule has 1 rings (SSSR count). The van der Waals surface area contributed by atoms with E-state index in [9.17, 15) is 0 Å².